The standard InChI is InChI=1S/C29H24F3N3O3/c30-29(31,32)38-22-16-14-21(15-17-22)33-27(36)34-24-11-5-7-13-26(24)35-19-18-28(37,20-8-2-1-3-9-20)23-10-4-6-12-25(23)35/h1-17,37H,18-19H2,(H2,33,34,36). The van der Waals surface area contributed by atoms with Crippen LogP contribution < -0.4 is 20.3 Å². The number of anilines is 4. The van der Waals surface area contributed by atoms with Crippen molar-refractivity contribution >= 4 is 28.8 Å². The third-order valence-electron chi connectivity index (χ3n) is 6.38. The Bertz CT molecular complexity index is 1430. The van der Waals surface area contributed by atoms with Crippen molar-refractivity contribution in [3.05, 3.63) is 114 Å². The number of para-hydroxylation sites is 3. The largest absolute Gasteiger partial charge is 0.573 e. The maximum atomic E-state index is 12.8. The molecule has 0 spiro atoms. The Morgan fingerprint density at radius 2 is 1.45 bits per heavy atom. The minimum absolute atomic E-state index is 0.297. The molecule has 3 N–H and O–H groups in total. The van der Waals surface area contributed by atoms with Crippen LogP contribution >= 0.6 is 0 Å². The monoisotopic (exact) mass is 519 g/mol. The van der Waals surface area contributed by atoms with Gasteiger partial charge in [-0.1, -0.05) is 60.7 Å². The Labute approximate surface area is 217 Å². The number of amides is 2. The van der Waals surface area contributed by atoms with Gasteiger partial charge in [0, 0.05) is 29.9 Å². The van der Waals surface area contributed by atoms with Crippen molar-refractivity contribution in [3.63, 3.8) is 0 Å². The molecule has 194 valence electrons. The number of carbonyl (C=O) groups excluding carboxylic acids is 1. The molecular weight excluding hydrogens is 495 g/mol. The normalized spacial score (nSPS) is 16.9. The van der Waals surface area contributed by atoms with Crippen molar-refractivity contribution in [1.82, 2.24) is 0 Å². The number of ether oxygens (including phenoxy) is 1. The van der Waals surface area contributed by atoms with Crippen molar-refractivity contribution in [3.8, 4) is 5.75 Å². The fourth-order valence-corrected chi connectivity index (χ4v) is 4.69. The van der Waals surface area contributed by atoms with Gasteiger partial charge in [0.1, 0.15) is 11.4 Å². The number of carbonyl (C=O) groups is 1. The molecule has 1 aliphatic rings. The van der Waals surface area contributed by atoms with Crippen LogP contribution in [0.4, 0.5) is 40.7 Å². The molecule has 38 heavy (non-hydrogen) atoms. The van der Waals surface area contributed by atoms with Crippen molar-refractivity contribution in [2.75, 3.05) is 22.1 Å². The molecule has 9 heteroatoms. The molecule has 0 saturated heterocycles. The van der Waals surface area contributed by atoms with Gasteiger partial charge in [-0.15, -0.1) is 13.2 Å². The molecule has 4 aromatic rings. The number of hydrogen-bond acceptors (Lipinski definition) is 4. The molecular formula is C29H24F3N3O3. The molecule has 5 rings (SSSR count). The first-order valence-corrected chi connectivity index (χ1v) is 11.9. The summed E-state index contributed by atoms with van der Waals surface area (Å²) in [7, 11) is 0. The van der Waals surface area contributed by atoms with E-state index in [1.54, 1.807) is 12.1 Å². The van der Waals surface area contributed by atoms with Crippen LogP contribution in [0.3, 0.4) is 0 Å². The number of urea groups is 1. The lowest BCUT2D eigenvalue weighted by molar-refractivity contribution is -0.274. The molecule has 1 aliphatic heterocycles. The summed E-state index contributed by atoms with van der Waals surface area (Å²) in [6.45, 7) is 0.489. The lowest BCUT2D eigenvalue weighted by atomic mass is 9.79. The van der Waals surface area contributed by atoms with Crippen LogP contribution in [-0.4, -0.2) is 24.0 Å². The van der Waals surface area contributed by atoms with E-state index in [0.717, 1.165) is 34.6 Å². The fourth-order valence-electron chi connectivity index (χ4n) is 4.69. The highest BCUT2D eigenvalue weighted by atomic mass is 19.4. The van der Waals surface area contributed by atoms with Gasteiger partial charge in [0.25, 0.3) is 0 Å². The molecule has 4 aromatic carbocycles. The summed E-state index contributed by atoms with van der Waals surface area (Å²) in [4.78, 5) is 14.8. The highest BCUT2D eigenvalue weighted by molar-refractivity contribution is 6.02. The van der Waals surface area contributed by atoms with Gasteiger partial charge in [0.15, 0.2) is 0 Å². The topological polar surface area (TPSA) is 73.8 Å². The van der Waals surface area contributed by atoms with E-state index in [9.17, 15) is 23.1 Å². The summed E-state index contributed by atoms with van der Waals surface area (Å²) in [5, 5.41) is 17.2. The van der Waals surface area contributed by atoms with Gasteiger partial charge in [-0.3, -0.25) is 0 Å². The van der Waals surface area contributed by atoms with Gasteiger partial charge in [0.2, 0.25) is 0 Å². The van der Waals surface area contributed by atoms with Crippen LogP contribution in [-0.2, 0) is 5.60 Å². The third kappa shape index (κ3) is 5.28. The zero-order chi connectivity index (χ0) is 26.8. The summed E-state index contributed by atoms with van der Waals surface area (Å²) in [5.41, 5.74) is 2.80. The summed E-state index contributed by atoms with van der Waals surface area (Å²) in [5.74, 6) is -0.381. The zero-order valence-corrected chi connectivity index (χ0v) is 20.1. The quantitative estimate of drug-likeness (QED) is 0.265. The number of aliphatic hydroxyl groups is 1. The van der Waals surface area contributed by atoms with Gasteiger partial charge in [-0.05, 0) is 48.0 Å². The Kier molecular flexibility index (Phi) is 6.69. The van der Waals surface area contributed by atoms with E-state index in [1.165, 1.54) is 12.1 Å². The molecule has 0 aliphatic carbocycles. The second-order valence-corrected chi connectivity index (χ2v) is 8.81. The lowest BCUT2D eigenvalue weighted by Crippen LogP contribution is -2.39. The predicted octanol–water partition coefficient (Wildman–Crippen LogP) is 7.01. The fraction of sp³-hybridized carbons (Fsp3) is 0.138. The third-order valence-corrected chi connectivity index (χ3v) is 6.38. The maximum Gasteiger partial charge on any atom is 0.573 e. The average Bonchev–Trinajstić information content (AvgIpc) is 2.90. The summed E-state index contributed by atoms with van der Waals surface area (Å²) < 4.78 is 41.0. The highest BCUT2D eigenvalue weighted by Gasteiger charge is 2.39. The summed E-state index contributed by atoms with van der Waals surface area (Å²) in [6.07, 6.45) is -4.36. The van der Waals surface area contributed by atoms with Gasteiger partial charge in [-0.25, -0.2) is 4.79 Å². The first-order valence-electron chi connectivity index (χ1n) is 11.9. The van der Waals surface area contributed by atoms with Crippen LogP contribution in [0, 0.1) is 0 Å². The van der Waals surface area contributed by atoms with Crippen LogP contribution in [0.5, 0.6) is 5.75 Å². The molecule has 0 bridgehead atoms. The van der Waals surface area contributed by atoms with Crippen molar-refractivity contribution in [2.24, 2.45) is 0 Å². The zero-order valence-electron chi connectivity index (χ0n) is 20.1. The molecule has 1 atom stereocenters. The van der Waals surface area contributed by atoms with Gasteiger partial charge < -0.3 is 25.4 Å². The van der Waals surface area contributed by atoms with Gasteiger partial charge in [-0.2, -0.15) is 0 Å². The number of nitrogens with one attached hydrogen (secondary N) is 2. The second kappa shape index (κ2) is 10.1. The van der Waals surface area contributed by atoms with Crippen LogP contribution in [0.2, 0.25) is 0 Å². The second-order valence-electron chi connectivity index (χ2n) is 8.81. The number of nitrogens with zero attached hydrogens (tertiary/aromatic N) is 1. The molecule has 1 unspecified atom stereocenters. The minimum atomic E-state index is -4.79. The average molecular weight is 520 g/mol. The molecule has 2 amide bonds. The number of halogens is 3. The SMILES string of the molecule is O=C(Nc1ccc(OC(F)(F)F)cc1)Nc1ccccc1N1CCC(O)(c2ccccc2)c2ccccc21. The Morgan fingerprint density at radius 3 is 2.16 bits per heavy atom. The van der Waals surface area contributed by atoms with Gasteiger partial charge >= 0.3 is 12.4 Å². The molecule has 0 saturated carbocycles. The highest BCUT2D eigenvalue weighted by Crippen LogP contribution is 2.46. The summed E-state index contributed by atoms with van der Waals surface area (Å²) in [6, 6.07) is 28.8. The molecule has 0 radical (unpaired) electrons. The van der Waals surface area contributed by atoms with E-state index in [0.29, 0.717) is 24.3 Å². The Balaban J connectivity index is 1.37. The first-order chi connectivity index (χ1) is 18.2. The van der Waals surface area contributed by atoms with E-state index in [-0.39, 0.29) is 5.75 Å². The Morgan fingerprint density at radius 1 is 0.816 bits per heavy atom. The number of rotatable bonds is 5. The smallest absolute Gasteiger partial charge is 0.406 e. The number of alkyl halides is 3. The minimum Gasteiger partial charge on any atom is -0.406 e. The first kappa shape index (κ1) is 25.2. The van der Waals surface area contributed by atoms with E-state index in [4.69, 9.17) is 0 Å². The van der Waals surface area contributed by atoms with Crippen molar-refractivity contribution < 1.29 is 27.8 Å². The van der Waals surface area contributed by atoms with Crippen molar-refractivity contribution in [2.45, 2.75) is 18.4 Å². The van der Waals surface area contributed by atoms with E-state index >= 15 is 0 Å². The maximum absolute atomic E-state index is 12.8. The summed E-state index contributed by atoms with van der Waals surface area (Å²) >= 11 is 0. The number of fused-ring (bicyclic) bond motifs is 1. The lowest BCUT2D eigenvalue weighted by Gasteiger charge is -2.41. The molecule has 0 fully saturated rings. The molecule has 6 nitrogen and oxygen atoms in total. The number of benzene rings is 4. The molecule has 1 heterocycles. The van der Waals surface area contributed by atoms with Crippen LogP contribution in [0.1, 0.15) is 17.5 Å². The van der Waals surface area contributed by atoms with Crippen LogP contribution in [0.25, 0.3) is 0 Å². The van der Waals surface area contributed by atoms with E-state index < -0.39 is 18.0 Å². The molecule has 0 aromatic heterocycles. The van der Waals surface area contributed by atoms with E-state index in [2.05, 4.69) is 15.4 Å². The van der Waals surface area contributed by atoms with Crippen LogP contribution in [0.15, 0.2) is 103 Å². The van der Waals surface area contributed by atoms with Gasteiger partial charge in [0.05, 0.1) is 11.4 Å². The van der Waals surface area contributed by atoms with Crippen molar-refractivity contribution in [1.29, 1.82) is 0 Å². The Hall–Kier alpha value is -4.50. The number of hydrogen-bond donors (Lipinski definition) is 3. The predicted molar refractivity (Wildman–Crippen MR) is 140 cm³/mol. The van der Waals surface area contributed by atoms with E-state index in [1.807, 2.05) is 71.6 Å².